The zero-order chi connectivity index (χ0) is 26.7. The normalized spacial score (nSPS) is 11.8. The Hall–Kier alpha value is -3.75. The summed E-state index contributed by atoms with van der Waals surface area (Å²) in [4.78, 5) is 16.5. The van der Waals surface area contributed by atoms with Gasteiger partial charge in [0.1, 0.15) is 17.3 Å². The van der Waals surface area contributed by atoms with Crippen LogP contribution in [0.1, 0.15) is 38.8 Å². The van der Waals surface area contributed by atoms with Crippen LogP contribution in [-0.4, -0.2) is 49.6 Å². The van der Waals surface area contributed by atoms with Gasteiger partial charge in [0.25, 0.3) is 0 Å². The topological polar surface area (TPSA) is 73.2 Å². The summed E-state index contributed by atoms with van der Waals surface area (Å²) < 4.78 is 30.3. The highest BCUT2D eigenvalue weighted by molar-refractivity contribution is 6.35. The molecule has 0 saturated carbocycles. The van der Waals surface area contributed by atoms with Gasteiger partial charge in [-0.05, 0) is 76.3 Å². The summed E-state index contributed by atoms with van der Waals surface area (Å²) in [6.07, 6.45) is 6.07. The van der Waals surface area contributed by atoms with Crippen LogP contribution in [0.2, 0.25) is 0 Å². The fourth-order valence-electron chi connectivity index (χ4n) is 3.67. The number of halogens is 2. The molecule has 0 aromatic heterocycles. The first kappa shape index (κ1) is 28.5. The van der Waals surface area contributed by atoms with Crippen LogP contribution >= 0.6 is 0 Å². The third-order valence-electron chi connectivity index (χ3n) is 5.65. The van der Waals surface area contributed by atoms with Crippen LogP contribution in [0.3, 0.4) is 0 Å². The van der Waals surface area contributed by atoms with E-state index < -0.39 is 13.3 Å². The molecule has 0 spiro atoms. The number of hydrogen-bond donors (Lipinski definition) is 2. The highest BCUT2D eigenvalue weighted by atomic mass is 19.2. The first-order valence-electron chi connectivity index (χ1n) is 11.9. The molecule has 0 aliphatic rings. The van der Waals surface area contributed by atoms with Crippen molar-refractivity contribution in [2.24, 2.45) is 0 Å². The second-order valence-electron chi connectivity index (χ2n) is 7.83. The van der Waals surface area contributed by atoms with Crippen LogP contribution in [0.15, 0.2) is 60.4 Å². The van der Waals surface area contributed by atoms with Gasteiger partial charge in [0.05, 0.1) is 0 Å². The SMILES string of the molecule is CCN(CC)c1ccc(/C=C/C(=O)/C=C(/C=C/c2ccc(N(CC)CC)cc2O)OB(F)F)c(O)c1. The van der Waals surface area contributed by atoms with Crippen molar-refractivity contribution in [3.05, 3.63) is 71.5 Å². The van der Waals surface area contributed by atoms with Crippen molar-refractivity contribution < 1.29 is 28.3 Å². The molecule has 2 aromatic carbocycles. The second kappa shape index (κ2) is 14.0. The predicted molar refractivity (Wildman–Crippen MR) is 144 cm³/mol. The number of nitrogens with zero attached hydrogens (tertiary/aromatic N) is 2. The Labute approximate surface area is 212 Å². The Morgan fingerprint density at radius 2 is 1.28 bits per heavy atom. The molecule has 0 aliphatic heterocycles. The summed E-state index contributed by atoms with van der Waals surface area (Å²) in [5.74, 6) is -1.00. The van der Waals surface area contributed by atoms with Gasteiger partial charge in [0.2, 0.25) is 0 Å². The van der Waals surface area contributed by atoms with Crippen LogP contribution in [0.4, 0.5) is 20.0 Å². The molecule has 0 amide bonds. The van der Waals surface area contributed by atoms with Gasteiger partial charge in [0, 0.05) is 66.9 Å². The lowest BCUT2D eigenvalue weighted by Gasteiger charge is -2.21. The van der Waals surface area contributed by atoms with E-state index in [2.05, 4.69) is 14.5 Å². The van der Waals surface area contributed by atoms with Gasteiger partial charge in [-0.3, -0.25) is 4.79 Å². The van der Waals surface area contributed by atoms with E-state index in [0.717, 1.165) is 49.7 Å². The number of phenolic OH excluding ortho intramolecular Hbond substituents is 2. The average Bonchev–Trinajstić information content (AvgIpc) is 2.84. The molecule has 2 N–H and O–H groups in total. The van der Waals surface area contributed by atoms with E-state index in [1.807, 2.05) is 39.8 Å². The fraction of sp³-hybridized carbons (Fsp3) is 0.296. The molecule has 6 nitrogen and oxygen atoms in total. The smallest absolute Gasteiger partial charge is 0.507 e. The predicted octanol–water partition coefficient (Wildman–Crippen LogP) is 5.91. The highest BCUT2D eigenvalue weighted by Crippen LogP contribution is 2.27. The van der Waals surface area contributed by atoms with Crippen LogP contribution in [0.25, 0.3) is 12.2 Å². The van der Waals surface area contributed by atoms with Crippen LogP contribution < -0.4 is 9.80 Å². The van der Waals surface area contributed by atoms with E-state index in [0.29, 0.717) is 11.1 Å². The zero-order valence-electron chi connectivity index (χ0n) is 21.1. The number of hydrogen-bond acceptors (Lipinski definition) is 6. The molecule has 0 saturated heterocycles. The maximum absolute atomic E-state index is 12.9. The number of anilines is 2. The Kier molecular flexibility index (Phi) is 11.1. The van der Waals surface area contributed by atoms with Crippen molar-refractivity contribution in [1.29, 1.82) is 0 Å². The van der Waals surface area contributed by atoms with E-state index in [9.17, 15) is 23.6 Å². The third kappa shape index (κ3) is 8.18. The summed E-state index contributed by atoms with van der Waals surface area (Å²) in [5.41, 5.74) is 2.49. The van der Waals surface area contributed by atoms with Crippen molar-refractivity contribution in [1.82, 2.24) is 0 Å². The Morgan fingerprint density at radius 3 is 1.67 bits per heavy atom. The monoisotopic (exact) mass is 498 g/mol. The summed E-state index contributed by atoms with van der Waals surface area (Å²) in [6, 6.07) is 10.2. The third-order valence-corrected chi connectivity index (χ3v) is 5.65. The lowest BCUT2D eigenvalue weighted by molar-refractivity contribution is -0.110. The quantitative estimate of drug-likeness (QED) is 0.155. The number of phenols is 2. The molecule has 0 fully saturated rings. The van der Waals surface area contributed by atoms with Gasteiger partial charge in [-0.25, -0.2) is 8.63 Å². The van der Waals surface area contributed by atoms with Gasteiger partial charge in [0.15, 0.2) is 5.78 Å². The molecular weight excluding hydrogens is 465 g/mol. The van der Waals surface area contributed by atoms with Crippen molar-refractivity contribution in [2.75, 3.05) is 36.0 Å². The van der Waals surface area contributed by atoms with Gasteiger partial charge >= 0.3 is 7.47 Å². The molecule has 2 rings (SSSR count). The number of carbonyl (C=O) groups is 1. The Balaban J connectivity index is 2.21. The fourth-order valence-corrected chi connectivity index (χ4v) is 3.67. The number of aromatic hydroxyl groups is 2. The minimum atomic E-state index is -3.13. The number of rotatable bonds is 13. The maximum Gasteiger partial charge on any atom is 0.796 e. The highest BCUT2D eigenvalue weighted by Gasteiger charge is 2.18. The Morgan fingerprint density at radius 1 is 0.833 bits per heavy atom. The van der Waals surface area contributed by atoms with E-state index in [1.165, 1.54) is 18.2 Å². The van der Waals surface area contributed by atoms with Crippen molar-refractivity contribution in [3.8, 4) is 11.5 Å². The van der Waals surface area contributed by atoms with E-state index in [1.54, 1.807) is 24.3 Å². The minimum Gasteiger partial charge on any atom is -0.507 e. The number of carbonyl (C=O) groups excluding carboxylic acids is 1. The minimum absolute atomic E-state index is 0.0000121. The molecule has 0 aliphatic carbocycles. The van der Waals surface area contributed by atoms with Crippen LogP contribution in [-0.2, 0) is 9.45 Å². The molecule has 192 valence electrons. The van der Waals surface area contributed by atoms with Crippen LogP contribution in [0.5, 0.6) is 11.5 Å². The first-order valence-corrected chi connectivity index (χ1v) is 11.9. The zero-order valence-corrected chi connectivity index (χ0v) is 21.1. The lowest BCUT2D eigenvalue weighted by atomic mass is 10.1. The van der Waals surface area contributed by atoms with Gasteiger partial charge in [-0.15, -0.1) is 0 Å². The molecule has 0 radical (unpaired) electrons. The lowest BCUT2D eigenvalue weighted by Crippen LogP contribution is -2.21. The second-order valence-corrected chi connectivity index (χ2v) is 7.83. The molecule has 0 heterocycles. The number of allylic oxidation sites excluding steroid dienone is 3. The van der Waals surface area contributed by atoms with Crippen LogP contribution in [0, 0.1) is 0 Å². The van der Waals surface area contributed by atoms with E-state index in [4.69, 9.17) is 0 Å². The molecule has 36 heavy (non-hydrogen) atoms. The first-order chi connectivity index (χ1) is 17.2. The van der Waals surface area contributed by atoms with Gasteiger partial charge in [-0.1, -0.05) is 0 Å². The van der Waals surface area contributed by atoms with Gasteiger partial charge < -0.3 is 24.7 Å². The molecule has 0 atom stereocenters. The summed E-state index contributed by atoms with van der Waals surface area (Å²) in [5, 5.41) is 20.6. The molecule has 0 bridgehead atoms. The maximum atomic E-state index is 12.9. The Bertz CT molecular complexity index is 1110. The average molecular weight is 498 g/mol. The molecule has 2 aromatic rings. The van der Waals surface area contributed by atoms with E-state index >= 15 is 0 Å². The van der Waals surface area contributed by atoms with E-state index in [-0.39, 0.29) is 17.3 Å². The molecule has 9 heteroatoms. The van der Waals surface area contributed by atoms with Crippen molar-refractivity contribution in [2.45, 2.75) is 27.7 Å². The van der Waals surface area contributed by atoms with Crippen molar-refractivity contribution >= 4 is 36.8 Å². The number of ketones is 1. The summed E-state index contributed by atoms with van der Waals surface area (Å²) in [7, 11) is -3.13. The van der Waals surface area contributed by atoms with Crippen molar-refractivity contribution in [3.63, 3.8) is 0 Å². The molecule has 0 unspecified atom stereocenters. The molecular formula is C27H33BF2N2O4. The largest absolute Gasteiger partial charge is 0.796 e. The van der Waals surface area contributed by atoms with Gasteiger partial charge in [-0.2, -0.15) is 0 Å². The summed E-state index contributed by atoms with van der Waals surface area (Å²) in [6.45, 7) is 11.1. The summed E-state index contributed by atoms with van der Waals surface area (Å²) >= 11 is 0. The number of benzene rings is 2. The standard InChI is InChI=1S/C27H33BF2N2O4/c1-5-31(6-2)22-13-9-20(26(34)17-22)11-15-24(33)19-25(36-28(29)30)16-12-21-10-14-23(18-27(21)35)32(7-3)8-4/h9-19,34-35H,5-8H2,1-4H3/b15-11+,16-12+,25-19-.